The van der Waals surface area contributed by atoms with Crippen molar-refractivity contribution in [2.24, 2.45) is 0 Å². The number of benzene rings is 2. The molecule has 0 saturated heterocycles. The van der Waals surface area contributed by atoms with Gasteiger partial charge in [-0.25, -0.2) is 4.79 Å². The van der Waals surface area contributed by atoms with Crippen LogP contribution in [0.15, 0.2) is 54.7 Å². The summed E-state index contributed by atoms with van der Waals surface area (Å²) in [4.78, 5) is 12.2. The van der Waals surface area contributed by atoms with Crippen molar-refractivity contribution in [2.45, 2.75) is 19.9 Å². The first-order chi connectivity index (χ1) is 12.2. The highest BCUT2D eigenvalue weighted by Crippen LogP contribution is 2.25. The minimum Gasteiger partial charge on any atom is -0.496 e. The van der Waals surface area contributed by atoms with Gasteiger partial charge in [-0.05, 0) is 31.0 Å². The highest BCUT2D eigenvalue weighted by atomic mass is 16.5. The summed E-state index contributed by atoms with van der Waals surface area (Å²) >= 11 is 0. The summed E-state index contributed by atoms with van der Waals surface area (Å²) in [6, 6.07) is 15.7. The van der Waals surface area contributed by atoms with Crippen LogP contribution in [-0.4, -0.2) is 24.3 Å². The fraction of sp³-hybridized carbons (Fsp3) is 0.250. The third-order valence-electron chi connectivity index (χ3n) is 4.25. The van der Waals surface area contributed by atoms with Crippen LogP contribution in [0.25, 0.3) is 10.9 Å². The van der Waals surface area contributed by atoms with E-state index in [1.165, 1.54) is 0 Å². The molecule has 2 amide bonds. The Kier molecular flexibility index (Phi) is 5.23. The van der Waals surface area contributed by atoms with E-state index in [2.05, 4.69) is 28.2 Å². The summed E-state index contributed by atoms with van der Waals surface area (Å²) in [5.74, 6) is 0.843. The number of aryl methyl sites for hydroxylation is 1. The second-order valence-electron chi connectivity index (χ2n) is 5.79. The summed E-state index contributed by atoms with van der Waals surface area (Å²) in [7, 11) is 1.66. The highest BCUT2D eigenvalue weighted by Gasteiger charge is 2.10. The van der Waals surface area contributed by atoms with Gasteiger partial charge < -0.3 is 19.9 Å². The first-order valence-electron chi connectivity index (χ1n) is 8.47. The smallest absolute Gasteiger partial charge is 0.319 e. The lowest BCUT2D eigenvalue weighted by molar-refractivity contribution is 0.252. The fourth-order valence-corrected chi connectivity index (χ4v) is 2.99. The zero-order valence-corrected chi connectivity index (χ0v) is 14.6. The zero-order valence-electron chi connectivity index (χ0n) is 14.6. The van der Waals surface area contributed by atoms with Gasteiger partial charge in [-0.3, -0.25) is 0 Å². The summed E-state index contributed by atoms with van der Waals surface area (Å²) in [5.41, 5.74) is 3.02. The van der Waals surface area contributed by atoms with Crippen molar-refractivity contribution in [1.82, 2.24) is 9.88 Å². The molecular weight excluding hydrogens is 314 g/mol. The number of rotatable bonds is 6. The molecule has 0 unspecified atom stereocenters. The van der Waals surface area contributed by atoms with Gasteiger partial charge in [0.15, 0.2) is 0 Å². The van der Waals surface area contributed by atoms with E-state index in [4.69, 9.17) is 4.74 Å². The molecule has 1 heterocycles. The van der Waals surface area contributed by atoms with E-state index in [0.29, 0.717) is 13.0 Å². The lowest BCUT2D eigenvalue weighted by Gasteiger charge is -2.09. The first kappa shape index (κ1) is 16.9. The second kappa shape index (κ2) is 7.75. The number of ether oxygens (including phenoxy) is 1. The molecule has 5 nitrogen and oxygen atoms in total. The molecule has 0 saturated carbocycles. The van der Waals surface area contributed by atoms with Crippen LogP contribution < -0.4 is 15.4 Å². The van der Waals surface area contributed by atoms with Gasteiger partial charge in [-0.1, -0.05) is 36.4 Å². The van der Waals surface area contributed by atoms with Crippen molar-refractivity contribution in [3.63, 3.8) is 0 Å². The summed E-state index contributed by atoms with van der Waals surface area (Å²) in [6.45, 7) is 3.49. The van der Waals surface area contributed by atoms with Gasteiger partial charge in [0.05, 0.1) is 18.3 Å². The van der Waals surface area contributed by atoms with Crippen LogP contribution in [0.2, 0.25) is 0 Å². The molecular formula is C20H23N3O2. The molecule has 3 rings (SSSR count). The Hall–Kier alpha value is -2.95. The quantitative estimate of drug-likeness (QED) is 0.713. The Bertz CT molecular complexity index is 870. The van der Waals surface area contributed by atoms with Gasteiger partial charge in [0.25, 0.3) is 0 Å². The Balaban J connectivity index is 1.62. The molecule has 5 heteroatoms. The third kappa shape index (κ3) is 3.76. The molecule has 2 N–H and O–H groups in total. The first-order valence-corrected chi connectivity index (χ1v) is 8.47. The van der Waals surface area contributed by atoms with E-state index in [1.54, 1.807) is 7.11 Å². The van der Waals surface area contributed by atoms with Crippen LogP contribution in [0.1, 0.15) is 12.5 Å². The van der Waals surface area contributed by atoms with Gasteiger partial charge in [0, 0.05) is 24.7 Å². The van der Waals surface area contributed by atoms with Crippen LogP contribution in [0.5, 0.6) is 5.75 Å². The van der Waals surface area contributed by atoms with Crippen LogP contribution in [0.3, 0.4) is 0 Å². The average molecular weight is 337 g/mol. The molecule has 1 aromatic heterocycles. The largest absolute Gasteiger partial charge is 0.496 e. The standard InChI is InChI=1S/C20H23N3O2/c1-3-23-14-17(16-9-5-6-10-18(16)23)22-20(24)21-13-12-15-8-4-7-11-19(15)25-2/h4-11,14H,3,12-13H2,1-2H3,(H2,21,22,24). The van der Waals surface area contributed by atoms with E-state index in [-0.39, 0.29) is 6.03 Å². The number of fused-ring (bicyclic) bond motifs is 1. The van der Waals surface area contributed by atoms with Gasteiger partial charge >= 0.3 is 6.03 Å². The molecule has 25 heavy (non-hydrogen) atoms. The van der Waals surface area contributed by atoms with Crippen molar-refractivity contribution in [2.75, 3.05) is 19.0 Å². The minimum atomic E-state index is -0.200. The number of amides is 2. The molecule has 0 aliphatic rings. The number of carbonyl (C=O) groups is 1. The molecule has 0 bridgehead atoms. The maximum atomic E-state index is 12.2. The number of aromatic nitrogens is 1. The van der Waals surface area contributed by atoms with Gasteiger partial charge in [-0.2, -0.15) is 0 Å². The summed E-state index contributed by atoms with van der Waals surface area (Å²) in [5, 5.41) is 6.91. The SMILES string of the molecule is CCn1cc(NC(=O)NCCc2ccccc2OC)c2ccccc21. The normalized spacial score (nSPS) is 10.6. The third-order valence-corrected chi connectivity index (χ3v) is 4.25. The lowest BCUT2D eigenvalue weighted by atomic mass is 10.1. The molecule has 2 aromatic carbocycles. The minimum absolute atomic E-state index is 0.200. The molecule has 0 atom stereocenters. The predicted molar refractivity (Wildman–Crippen MR) is 101 cm³/mol. The number of nitrogens with zero attached hydrogens (tertiary/aromatic N) is 1. The summed E-state index contributed by atoms with van der Waals surface area (Å²) < 4.78 is 7.46. The van der Waals surface area contributed by atoms with Crippen LogP contribution in [0.4, 0.5) is 10.5 Å². The van der Waals surface area contributed by atoms with E-state index >= 15 is 0 Å². The molecule has 0 spiro atoms. The van der Waals surface area contributed by atoms with Crippen LogP contribution >= 0.6 is 0 Å². The predicted octanol–water partition coefficient (Wildman–Crippen LogP) is 4.03. The fourth-order valence-electron chi connectivity index (χ4n) is 2.99. The number of nitrogens with one attached hydrogen (secondary N) is 2. The maximum absolute atomic E-state index is 12.2. The van der Waals surface area contributed by atoms with E-state index in [1.807, 2.05) is 48.7 Å². The number of methoxy groups -OCH3 is 1. The summed E-state index contributed by atoms with van der Waals surface area (Å²) in [6.07, 6.45) is 2.69. The Morgan fingerprint density at radius 3 is 2.68 bits per heavy atom. The topological polar surface area (TPSA) is 55.3 Å². The average Bonchev–Trinajstić information content (AvgIpc) is 3.00. The Labute approximate surface area is 147 Å². The van der Waals surface area contributed by atoms with Crippen LogP contribution in [-0.2, 0) is 13.0 Å². The second-order valence-corrected chi connectivity index (χ2v) is 5.79. The molecule has 0 fully saturated rings. The Morgan fingerprint density at radius 1 is 1.12 bits per heavy atom. The van der Waals surface area contributed by atoms with Gasteiger partial charge in [-0.15, -0.1) is 0 Å². The van der Waals surface area contributed by atoms with Crippen molar-refractivity contribution < 1.29 is 9.53 Å². The number of anilines is 1. The molecule has 0 aliphatic heterocycles. The number of para-hydroxylation sites is 2. The molecule has 0 aliphatic carbocycles. The van der Waals surface area contributed by atoms with Gasteiger partial charge in [0.2, 0.25) is 0 Å². The molecule has 130 valence electrons. The molecule has 0 radical (unpaired) electrons. The van der Waals surface area contributed by atoms with E-state index < -0.39 is 0 Å². The monoisotopic (exact) mass is 337 g/mol. The van der Waals surface area contributed by atoms with Gasteiger partial charge in [0.1, 0.15) is 5.75 Å². The van der Waals surface area contributed by atoms with E-state index in [0.717, 1.165) is 34.4 Å². The Morgan fingerprint density at radius 2 is 1.88 bits per heavy atom. The highest BCUT2D eigenvalue weighted by molar-refractivity contribution is 6.01. The number of carbonyl (C=O) groups excluding carboxylic acids is 1. The lowest BCUT2D eigenvalue weighted by Crippen LogP contribution is -2.30. The van der Waals surface area contributed by atoms with Crippen molar-refractivity contribution in [3.05, 3.63) is 60.3 Å². The van der Waals surface area contributed by atoms with Crippen molar-refractivity contribution >= 4 is 22.6 Å². The number of urea groups is 1. The zero-order chi connectivity index (χ0) is 17.6. The molecule has 3 aromatic rings. The number of hydrogen-bond donors (Lipinski definition) is 2. The maximum Gasteiger partial charge on any atom is 0.319 e. The van der Waals surface area contributed by atoms with Crippen molar-refractivity contribution in [3.8, 4) is 5.75 Å². The van der Waals surface area contributed by atoms with E-state index in [9.17, 15) is 4.79 Å². The number of hydrogen-bond acceptors (Lipinski definition) is 2. The van der Waals surface area contributed by atoms with Crippen molar-refractivity contribution in [1.29, 1.82) is 0 Å². The van der Waals surface area contributed by atoms with Crippen LogP contribution in [0, 0.1) is 0 Å².